The van der Waals surface area contributed by atoms with Crippen LogP contribution in [0.4, 0.5) is 0 Å². The van der Waals surface area contributed by atoms with Crippen LogP contribution in [0.15, 0.2) is 0 Å². The lowest BCUT2D eigenvalue weighted by molar-refractivity contribution is 0.129. The molecule has 0 N–H and O–H groups in total. The van der Waals surface area contributed by atoms with Crippen LogP contribution in [0.1, 0.15) is 139 Å². The van der Waals surface area contributed by atoms with Crippen molar-refractivity contribution in [3.63, 3.8) is 0 Å². The van der Waals surface area contributed by atoms with Crippen molar-refractivity contribution in [3.05, 3.63) is 0 Å². The van der Waals surface area contributed by atoms with E-state index in [1.54, 1.807) is 0 Å². The average Bonchev–Trinajstić information content (AvgIpc) is 2.70. The van der Waals surface area contributed by atoms with Crippen LogP contribution in [0.5, 0.6) is 0 Å². The van der Waals surface area contributed by atoms with Crippen molar-refractivity contribution in [2.75, 3.05) is 0 Å². The first-order chi connectivity index (χ1) is 13.3. The zero-order valence-electron chi connectivity index (χ0n) is 21.5. The molecule has 0 aliphatic carbocycles. The Labute approximate surface area is 181 Å². The molecule has 7 atom stereocenters. The van der Waals surface area contributed by atoms with Crippen LogP contribution in [0.25, 0.3) is 0 Å². The maximum atomic E-state index is 2.54. The predicted molar refractivity (Wildman–Crippen MR) is 131 cm³/mol. The van der Waals surface area contributed by atoms with Gasteiger partial charge >= 0.3 is 0 Å². The van der Waals surface area contributed by atoms with Gasteiger partial charge in [-0.3, -0.25) is 0 Å². The summed E-state index contributed by atoms with van der Waals surface area (Å²) in [5, 5.41) is 0. The van der Waals surface area contributed by atoms with Gasteiger partial charge in [-0.2, -0.15) is 0 Å². The van der Waals surface area contributed by atoms with Gasteiger partial charge in [-0.1, -0.05) is 139 Å². The summed E-state index contributed by atoms with van der Waals surface area (Å²) in [7, 11) is 0. The van der Waals surface area contributed by atoms with E-state index in [-0.39, 0.29) is 0 Å². The lowest BCUT2D eigenvalue weighted by atomic mass is 9.69. The second-order valence-electron chi connectivity index (χ2n) is 10.8. The molecule has 0 radical (unpaired) electrons. The van der Waals surface area contributed by atoms with Crippen molar-refractivity contribution in [3.8, 4) is 0 Å². The van der Waals surface area contributed by atoms with Crippen molar-refractivity contribution >= 4 is 0 Å². The second-order valence-corrected chi connectivity index (χ2v) is 10.8. The first kappa shape index (κ1) is 28.0. The highest BCUT2D eigenvalue weighted by molar-refractivity contribution is 4.78. The summed E-state index contributed by atoms with van der Waals surface area (Å²) in [6, 6.07) is 0. The Morgan fingerprint density at radius 1 is 0.393 bits per heavy atom. The standard InChI is InChI=1S/C28H58/c1-10-12-14-15-16-17-19-23(4)25(6)27(8)28(9)26(7)24(5)21-20-22(3)18-13-11-2/h22-28H,10-21H2,1-9H3. The molecule has 0 aliphatic heterocycles. The second kappa shape index (κ2) is 16.8. The van der Waals surface area contributed by atoms with Crippen LogP contribution in [0.3, 0.4) is 0 Å². The van der Waals surface area contributed by atoms with Gasteiger partial charge in [-0.05, 0) is 41.4 Å². The Morgan fingerprint density at radius 3 is 1.39 bits per heavy atom. The van der Waals surface area contributed by atoms with Gasteiger partial charge in [0.1, 0.15) is 0 Å². The molecule has 0 aliphatic rings. The third-order valence-corrected chi connectivity index (χ3v) is 8.46. The summed E-state index contributed by atoms with van der Waals surface area (Å²) in [4.78, 5) is 0. The Bertz CT molecular complexity index is 333. The summed E-state index contributed by atoms with van der Waals surface area (Å²) in [6.45, 7) is 22.3. The highest BCUT2D eigenvalue weighted by Gasteiger charge is 2.29. The third kappa shape index (κ3) is 11.9. The fourth-order valence-electron chi connectivity index (χ4n) is 5.01. The SMILES string of the molecule is CCCCCCCCC(C)C(C)C(C)C(C)C(C)C(C)CCC(C)CCCC. The van der Waals surface area contributed by atoms with Gasteiger partial charge in [0.25, 0.3) is 0 Å². The minimum atomic E-state index is 0.836. The molecule has 7 unspecified atom stereocenters. The summed E-state index contributed by atoms with van der Waals surface area (Å²) in [5.41, 5.74) is 0. The topological polar surface area (TPSA) is 0 Å². The average molecular weight is 395 g/mol. The predicted octanol–water partition coefficient (Wildman–Crippen LogP) is 10.2. The van der Waals surface area contributed by atoms with E-state index < -0.39 is 0 Å². The molecule has 0 aromatic carbocycles. The first-order valence-electron chi connectivity index (χ1n) is 13.3. The van der Waals surface area contributed by atoms with E-state index in [9.17, 15) is 0 Å². The molecule has 0 fully saturated rings. The molecule has 0 rings (SSSR count). The van der Waals surface area contributed by atoms with Gasteiger partial charge in [0.05, 0.1) is 0 Å². The summed E-state index contributed by atoms with van der Waals surface area (Å²) < 4.78 is 0. The van der Waals surface area contributed by atoms with Crippen LogP contribution in [-0.2, 0) is 0 Å². The van der Waals surface area contributed by atoms with Crippen molar-refractivity contribution in [1.29, 1.82) is 0 Å². The fourth-order valence-corrected chi connectivity index (χ4v) is 5.01. The van der Waals surface area contributed by atoms with Crippen LogP contribution in [0.2, 0.25) is 0 Å². The van der Waals surface area contributed by atoms with Crippen LogP contribution in [0, 0.1) is 41.4 Å². The maximum absolute atomic E-state index is 2.54. The normalized spacial score (nSPS) is 19.6. The largest absolute Gasteiger partial charge is 0.0654 e. The molecule has 170 valence electrons. The fraction of sp³-hybridized carbons (Fsp3) is 1.00. The molecule has 0 bridgehead atoms. The molecular formula is C28H58. The molecule has 0 heteroatoms. The Morgan fingerprint density at radius 2 is 0.857 bits per heavy atom. The first-order valence-corrected chi connectivity index (χ1v) is 13.3. The molecule has 0 heterocycles. The van der Waals surface area contributed by atoms with Crippen molar-refractivity contribution in [2.45, 2.75) is 139 Å². The molecule has 0 nitrogen and oxygen atoms in total. The zero-order valence-corrected chi connectivity index (χ0v) is 21.5. The Kier molecular flexibility index (Phi) is 16.8. The molecule has 0 aromatic heterocycles. The van der Waals surface area contributed by atoms with E-state index in [1.807, 2.05) is 0 Å². The number of unbranched alkanes of at least 4 members (excludes halogenated alkanes) is 6. The summed E-state index contributed by atoms with van der Waals surface area (Å²) in [6.07, 6.45) is 17.0. The van der Waals surface area contributed by atoms with Crippen molar-refractivity contribution in [2.24, 2.45) is 41.4 Å². The number of rotatable bonds is 18. The van der Waals surface area contributed by atoms with E-state index in [4.69, 9.17) is 0 Å². The Hall–Kier alpha value is 0. The lowest BCUT2D eigenvalue weighted by Gasteiger charge is -2.36. The van der Waals surface area contributed by atoms with E-state index in [0.29, 0.717) is 0 Å². The highest BCUT2D eigenvalue weighted by atomic mass is 14.3. The van der Waals surface area contributed by atoms with Gasteiger partial charge in [0, 0.05) is 0 Å². The maximum Gasteiger partial charge on any atom is -0.0386 e. The smallest absolute Gasteiger partial charge is 0.0386 e. The quantitative estimate of drug-likeness (QED) is 0.203. The van der Waals surface area contributed by atoms with E-state index >= 15 is 0 Å². The summed E-state index contributed by atoms with van der Waals surface area (Å²) in [5.74, 6) is 6.02. The number of hydrogen-bond donors (Lipinski definition) is 0. The molecule has 0 saturated heterocycles. The Balaban J connectivity index is 4.27. The van der Waals surface area contributed by atoms with Crippen LogP contribution >= 0.6 is 0 Å². The van der Waals surface area contributed by atoms with Gasteiger partial charge in [0.15, 0.2) is 0 Å². The van der Waals surface area contributed by atoms with Gasteiger partial charge < -0.3 is 0 Å². The van der Waals surface area contributed by atoms with Gasteiger partial charge in [-0.15, -0.1) is 0 Å². The van der Waals surface area contributed by atoms with Gasteiger partial charge in [-0.25, -0.2) is 0 Å². The minimum Gasteiger partial charge on any atom is -0.0654 e. The van der Waals surface area contributed by atoms with Crippen LogP contribution < -0.4 is 0 Å². The van der Waals surface area contributed by atoms with E-state index in [1.165, 1.54) is 77.0 Å². The molecular weight excluding hydrogens is 336 g/mol. The van der Waals surface area contributed by atoms with E-state index in [2.05, 4.69) is 62.3 Å². The molecule has 0 saturated carbocycles. The number of hydrogen-bond acceptors (Lipinski definition) is 0. The molecule has 28 heavy (non-hydrogen) atoms. The van der Waals surface area contributed by atoms with Gasteiger partial charge in [0.2, 0.25) is 0 Å². The highest BCUT2D eigenvalue weighted by Crippen LogP contribution is 2.37. The zero-order chi connectivity index (χ0) is 21.5. The van der Waals surface area contributed by atoms with Crippen LogP contribution in [-0.4, -0.2) is 0 Å². The summed E-state index contributed by atoms with van der Waals surface area (Å²) >= 11 is 0. The lowest BCUT2D eigenvalue weighted by Crippen LogP contribution is -2.29. The monoisotopic (exact) mass is 394 g/mol. The third-order valence-electron chi connectivity index (χ3n) is 8.46. The minimum absolute atomic E-state index is 0.836. The van der Waals surface area contributed by atoms with Crippen molar-refractivity contribution in [1.82, 2.24) is 0 Å². The molecule has 0 spiro atoms. The van der Waals surface area contributed by atoms with E-state index in [0.717, 1.165) is 41.4 Å². The van der Waals surface area contributed by atoms with Crippen molar-refractivity contribution < 1.29 is 0 Å². The molecule has 0 aromatic rings. The molecule has 0 amide bonds.